The molecule has 1 amide bonds. The van der Waals surface area contributed by atoms with E-state index in [1.165, 1.54) is 4.31 Å². The second-order valence-electron chi connectivity index (χ2n) is 8.19. The minimum absolute atomic E-state index is 0.0116. The van der Waals surface area contributed by atoms with Gasteiger partial charge in [-0.05, 0) is 43.9 Å². The van der Waals surface area contributed by atoms with Gasteiger partial charge in [0.25, 0.3) is 0 Å². The summed E-state index contributed by atoms with van der Waals surface area (Å²) in [6, 6.07) is 7.15. The second-order valence-corrected chi connectivity index (χ2v) is 10.1. The maximum Gasteiger partial charge on any atom is 0.243 e. The van der Waals surface area contributed by atoms with Gasteiger partial charge in [-0.2, -0.15) is 4.31 Å². The zero-order valence-corrected chi connectivity index (χ0v) is 18.0. The van der Waals surface area contributed by atoms with E-state index in [1.54, 1.807) is 12.1 Å². The number of nitrogens with one attached hydrogen (secondary N) is 1. The van der Waals surface area contributed by atoms with Crippen molar-refractivity contribution in [2.45, 2.75) is 57.4 Å². The first-order valence-electron chi connectivity index (χ1n) is 9.68. The number of piperazine rings is 1. The molecule has 0 aromatic heterocycles. The van der Waals surface area contributed by atoms with Gasteiger partial charge in [0, 0.05) is 31.7 Å². The van der Waals surface area contributed by atoms with Crippen molar-refractivity contribution in [2.75, 3.05) is 32.7 Å². The van der Waals surface area contributed by atoms with E-state index < -0.39 is 10.0 Å². The third-order valence-corrected chi connectivity index (χ3v) is 7.16. The van der Waals surface area contributed by atoms with Crippen LogP contribution in [0.3, 0.4) is 0 Å². The third-order valence-electron chi connectivity index (χ3n) is 5.24. The lowest BCUT2D eigenvalue weighted by Gasteiger charge is -2.34. The Morgan fingerprint density at radius 3 is 2.15 bits per heavy atom. The van der Waals surface area contributed by atoms with Gasteiger partial charge in [0.1, 0.15) is 0 Å². The Balaban J connectivity index is 1.93. The van der Waals surface area contributed by atoms with E-state index in [9.17, 15) is 13.2 Å². The molecule has 0 saturated carbocycles. The molecular weight excluding hydrogens is 362 g/mol. The predicted octanol–water partition coefficient (Wildman–Crippen LogP) is 2.42. The first-order valence-corrected chi connectivity index (χ1v) is 11.1. The van der Waals surface area contributed by atoms with Crippen molar-refractivity contribution in [1.29, 1.82) is 0 Å². The average molecular weight is 396 g/mol. The van der Waals surface area contributed by atoms with Crippen LogP contribution in [0.15, 0.2) is 29.2 Å². The summed E-state index contributed by atoms with van der Waals surface area (Å²) in [5.74, 6) is 0.358. The normalized spacial score (nSPS) is 17.3. The highest BCUT2D eigenvalue weighted by Gasteiger charge is 2.29. The Bertz CT molecular complexity index is 734. The van der Waals surface area contributed by atoms with Crippen LogP contribution in [0.25, 0.3) is 0 Å². The van der Waals surface area contributed by atoms with Gasteiger partial charge < -0.3 is 5.32 Å². The minimum atomic E-state index is -3.48. The fourth-order valence-electron chi connectivity index (χ4n) is 3.01. The van der Waals surface area contributed by atoms with Gasteiger partial charge in [0.2, 0.25) is 15.9 Å². The van der Waals surface area contributed by atoms with Gasteiger partial charge in [-0.25, -0.2) is 8.42 Å². The number of nitrogens with zero attached hydrogens (tertiary/aromatic N) is 2. The molecule has 0 atom stereocenters. The van der Waals surface area contributed by atoms with Crippen LogP contribution in [-0.2, 0) is 14.8 Å². The van der Waals surface area contributed by atoms with E-state index >= 15 is 0 Å². The fourth-order valence-corrected chi connectivity index (χ4v) is 4.43. The predicted molar refractivity (Wildman–Crippen MR) is 108 cm³/mol. The Kier molecular flexibility index (Phi) is 7.05. The van der Waals surface area contributed by atoms with Crippen molar-refractivity contribution in [2.24, 2.45) is 0 Å². The average Bonchev–Trinajstić information content (AvgIpc) is 2.61. The molecule has 0 radical (unpaired) electrons. The first kappa shape index (κ1) is 21.9. The second kappa shape index (κ2) is 8.71. The number of hydrogen-bond acceptors (Lipinski definition) is 4. The lowest BCUT2D eigenvalue weighted by Crippen LogP contribution is -2.53. The summed E-state index contributed by atoms with van der Waals surface area (Å²) in [6.45, 7) is 12.4. The van der Waals surface area contributed by atoms with Gasteiger partial charge in [-0.3, -0.25) is 9.69 Å². The standard InChI is InChI=1S/C20H33N3O3S/c1-6-20(4,5)21-19(24)15-22-11-13-23(14-12-22)27(25,26)18-9-7-17(8-10-18)16(2)3/h7-10,16H,6,11-15H2,1-5H3,(H,21,24). The van der Waals surface area contributed by atoms with Crippen LogP contribution in [0.5, 0.6) is 0 Å². The molecule has 0 unspecified atom stereocenters. The Labute approximate surface area is 164 Å². The van der Waals surface area contributed by atoms with Crippen molar-refractivity contribution < 1.29 is 13.2 Å². The van der Waals surface area contributed by atoms with Crippen LogP contribution in [0, 0.1) is 0 Å². The molecule has 0 bridgehead atoms. The van der Waals surface area contributed by atoms with Crippen molar-refractivity contribution in [3.8, 4) is 0 Å². The SMILES string of the molecule is CCC(C)(C)NC(=O)CN1CCN(S(=O)(=O)c2ccc(C(C)C)cc2)CC1. The maximum atomic E-state index is 12.9. The number of carbonyl (C=O) groups is 1. The Morgan fingerprint density at radius 2 is 1.67 bits per heavy atom. The summed E-state index contributed by atoms with van der Waals surface area (Å²) < 4.78 is 27.2. The molecule has 1 heterocycles. The van der Waals surface area contributed by atoms with Crippen molar-refractivity contribution in [3.63, 3.8) is 0 Å². The number of hydrogen-bond donors (Lipinski definition) is 1. The highest BCUT2D eigenvalue weighted by molar-refractivity contribution is 7.89. The Hall–Kier alpha value is -1.44. The van der Waals surface area contributed by atoms with Crippen molar-refractivity contribution >= 4 is 15.9 Å². The number of benzene rings is 1. The molecule has 1 aliphatic rings. The van der Waals surface area contributed by atoms with Crippen LogP contribution >= 0.6 is 0 Å². The molecule has 1 aromatic carbocycles. The molecule has 2 rings (SSSR count). The van der Waals surface area contributed by atoms with Gasteiger partial charge in [0.15, 0.2) is 0 Å². The summed E-state index contributed by atoms with van der Waals surface area (Å²) in [5.41, 5.74) is 0.907. The molecule has 6 nitrogen and oxygen atoms in total. The van der Waals surface area contributed by atoms with Crippen molar-refractivity contribution in [3.05, 3.63) is 29.8 Å². The Morgan fingerprint density at radius 1 is 1.11 bits per heavy atom. The van der Waals surface area contributed by atoms with Gasteiger partial charge >= 0.3 is 0 Å². The molecule has 1 aromatic rings. The fraction of sp³-hybridized carbons (Fsp3) is 0.650. The quantitative estimate of drug-likeness (QED) is 0.770. The zero-order valence-electron chi connectivity index (χ0n) is 17.2. The van der Waals surface area contributed by atoms with Crippen LogP contribution in [0.1, 0.15) is 52.5 Å². The van der Waals surface area contributed by atoms with E-state index in [0.717, 1.165) is 12.0 Å². The number of sulfonamides is 1. The monoisotopic (exact) mass is 395 g/mol. The van der Waals surface area contributed by atoms with Crippen LogP contribution in [-0.4, -0.2) is 61.8 Å². The maximum absolute atomic E-state index is 12.9. The van der Waals surface area contributed by atoms with E-state index in [1.807, 2.05) is 37.8 Å². The number of rotatable bonds is 7. The molecule has 1 N–H and O–H groups in total. The summed E-state index contributed by atoms with van der Waals surface area (Å²) in [7, 11) is -3.48. The topological polar surface area (TPSA) is 69.7 Å². The lowest BCUT2D eigenvalue weighted by atomic mass is 10.0. The van der Waals surface area contributed by atoms with Gasteiger partial charge in [-0.1, -0.05) is 32.9 Å². The van der Waals surface area contributed by atoms with Crippen LogP contribution in [0.4, 0.5) is 0 Å². The summed E-state index contributed by atoms with van der Waals surface area (Å²) in [4.78, 5) is 14.5. The van der Waals surface area contributed by atoms with Gasteiger partial charge in [-0.15, -0.1) is 0 Å². The van der Waals surface area contributed by atoms with Gasteiger partial charge in [0.05, 0.1) is 11.4 Å². The van der Waals surface area contributed by atoms with E-state index in [0.29, 0.717) is 43.5 Å². The minimum Gasteiger partial charge on any atom is -0.350 e. The largest absolute Gasteiger partial charge is 0.350 e. The number of amides is 1. The molecule has 152 valence electrons. The molecule has 0 aliphatic carbocycles. The van der Waals surface area contributed by atoms with E-state index in [4.69, 9.17) is 0 Å². The summed E-state index contributed by atoms with van der Waals surface area (Å²) in [5, 5.41) is 3.02. The summed E-state index contributed by atoms with van der Waals surface area (Å²) >= 11 is 0. The number of carbonyl (C=O) groups excluding carboxylic acids is 1. The molecule has 1 saturated heterocycles. The molecule has 0 spiro atoms. The molecule has 7 heteroatoms. The third kappa shape index (κ3) is 5.77. The van der Waals surface area contributed by atoms with E-state index in [2.05, 4.69) is 19.2 Å². The molecule has 1 fully saturated rings. The molecule has 1 aliphatic heterocycles. The molecule has 27 heavy (non-hydrogen) atoms. The zero-order chi connectivity index (χ0) is 20.2. The summed E-state index contributed by atoms with van der Waals surface area (Å²) in [6.07, 6.45) is 0.861. The van der Waals surface area contributed by atoms with Crippen LogP contribution in [0.2, 0.25) is 0 Å². The van der Waals surface area contributed by atoms with E-state index in [-0.39, 0.29) is 11.4 Å². The van der Waals surface area contributed by atoms with Crippen molar-refractivity contribution in [1.82, 2.24) is 14.5 Å². The first-order chi connectivity index (χ1) is 12.5. The highest BCUT2D eigenvalue weighted by Crippen LogP contribution is 2.21. The lowest BCUT2D eigenvalue weighted by molar-refractivity contribution is -0.124. The molecular formula is C20H33N3O3S. The van der Waals surface area contributed by atoms with Crippen LogP contribution < -0.4 is 5.32 Å². The smallest absolute Gasteiger partial charge is 0.243 e. The highest BCUT2D eigenvalue weighted by atomic mass is 32.2.